The van der Waals surface area contributed by atoms with Crippen molar-refractivity contribution in [2.45, 2.75) is 45.4 Å². The van der Waals surface area contributed by atoms with Gasteiger partial charge in [0.2, 0.25) is 11.8 Å². The Morgan fingerprint density at radius 2 is 2.00 bits per heavy atom. The van der Waals surface area contributed by atoms with Crippen molar-refractivity contribution in [1.82, 2.24) is 10.2 Å². The zero-order chi connectivity index (χ0) is 14.1. The van der Waals surface area contributed by atoms with E-state index in [2.05, 4.69) is 5.32 Å². The molecule has 1 atom stereocenters. The van der Waals surface area contributed by atoms with E-state index in [9.17, 15) is 9.59 Å². The van der Waals surface area contributed by atoms with E-state index in [4.69, 9.17) is 5.26 Å². The van der Waals surface area contributed by atoms with Crippen LogP contribution >= 0.6 is 0 Å². The normalized spacial score (nSPS) is 16.5. The zero-order valence-electron chi connectivity index (χ0n) is 11.7. The van der Waals surface area contributed by atoms with Crippen molar-refractivity contribution in [3.63, 3.8) is 0 Å². The third-order valence-electron chi connectivity index (χ3n) is 3.40. The van der Waals surface area contributed by atoms with Crippen LogP contribution < -0.4 is 5.32 Å². The fraction of sp³-hybridized carbons (Fsp3) is 0.786. The quantitative estimate of drug-likeness (QED) is 0.790. The molecule has 1 fully saturated rings. The summed E-state index contributed by atoms with van der Waals surface area (Å²) in [6.45, 7) is 3.94. The summed E-state index contributed by atoms with van der Waals surface area (Å²) in [5.74, 6) is -0.741. The number of hydrogen-bond donors (Lipinski definition) is 1. The van der Waals surface area contributed by atoms with Gasteiger partial charge in [0.15, 0.2) is 0 Å². The molecule has 0 aliphatic carbocycles. The van der Waals surface area contributed by atoms with Crippen LogP contribution in [0, 0.1) is 17.2 Å². The number of likely N-dealkylation sites (tertiary alicyclic amines) is 1. The van der Waals surface area contributed by atoms with Crippen LogP contribution in [0.25, 0.3) is 0 Å². The third kappa shape index (κ3) is 5.29. The molecule has 106 valence electrons. The molecule has 1 unspecified atom stereocenters. The first-order valence-corrected chi connectivity index (χ1v) is 7.14. The Morgan fingerprint density at radius 3 is 2.58 bits per heavy atom. The lowest BCUT2D eigenvalue weighted by Gasteiger charge is -2.26. The van der Waals surface area contributed by atoms with Gasteiger partial charge in [-0.1, -0.05) is 13.3 Å². The minimum absolute atomic E-state index is 0.101. The van der Waals surface area contributed by atoms with E-state index in [0.717, 1.165) is 32.4 Å². The first kappa shape index (κ1) is 15.5. The first-order valence-electron chi connectivity index (χ1n) is 7.14. The molecule has 1 aliphatic rings. The molecule has 5 heteroatoms. The maximum absolute atomic E-state index is 11.9. The topological polar surface area (TPSA) is 73.2 Å². The van der Waals surface area contributed by atoms with Gasteiger partial charge in [0.05, 0.1) is 6.07 Å². The second-order valence-electron chi connectivity index (χ2n) is 4.95. The van der Waals surface area contributed by atoms with Crippen LogP contribution in [0.5, 0.6) is 0 Å². The van der Waals surface area contributed by atoms with Gasteiger partial charge in [0.25, 0.3) is 0 Å². The number of carbonyl (C=O) groups excluding carboxylic acids is 2. The molecule has 19 heavy (non-hydrogen) atoms. The molecule has 5 nitrogen and oxygen atoms in total. The van der Waals surface area contributed by atoms with Crippen LogP contribution in [0.4, 0.5) is 0 Å². The molecular formula is C14H23N3O2. The van der Waals surface area contributed by atoms with Gasteiger partial charge in [0, 0.05) is 26.1 Å². The highest BCUT2D eigenvalue weighted by molar-refractivity contribution is 5.82. The van der Waals surface area contributed by atoms with Crippen LogP contribution in [0.3, 0.4) is 0 Å². The first-order chi connectivity index (χ1) is 9.19. The van der Waals surface area contributed by atoms with Gasteiger partial charge in [0.1, 0.15) is 5.92 Å². The average molecular weight is 265 g/mol. The lowest BCUT2D eigenvalue weighted by Crippen LogP contribution is -2.38. The largest absolute Gasteiger partial charge is 0.354 e. The van der Waals surface area contributed by atoms with E-state index >= 15 is 0 Å². The van der Waals surface area contributed by atoms with Gasteiger partial charge >= 0.3 is 0 Å². The number of hydrogen-bond acceptors (Lipinski definition) is 3. The number of carbonyl (C=O) groups is 2. The summed E-state index contributed by atoms with van der Waals surface area (Å²) >= 11 is 0. The third-order valence-corrected chi connectivity index (χ3v) is 3.40. The lowest BCUT2D eigenvalue weighted by atomic mass is 10.1. The van der Waals surface area contributed by atoms with Crippen LogP contribution in [0.2, 0.25) is 0 Å². The van der Waals surface area contributed by atoms with Crippen LogP contribution in [0.1, 0.15) is 45.4 Å². The van der Waals surface area contributed by atoms with Gasteiger partial charge in [-0.05, 0) is 25.7 Å². The van der Waals surface area contributed by atoms with Crippen molar-refractivity contribution in [3.8, 4) is 6.07 Å². The Hall–Kier alpha value is -1.57. The van der Waals surface area contributed by atoms with E-state index in [-0.39, 0.29) is 11.8 Å². The van der Waals surface area contributed by atoms with Crippen LogP contribution in [0.15, 0.2) is 0 Å². The van der Waals surface area contributed by atoms with Gasteiger partial charge < -0.3 is 10.2 Å². The Balaban J connectivity index is 2.23. The highest BCUT2D eigenvalue weighted by atomic mass is 16.2. The van der Waals surface area contributed by atoms with Crippen molar-refractivity contribution in [2.24, 2.45) is 5.92 Å². The molecule has 0 bridgehead atoms. The minimum Gasteiger partial charge on any atom is -0.354 e. The van der Waals surface area contributed by atoms with Crippen LogP contribution in [-0.2, 0) is 9.59 Å². The maximum Gasteiger partial charge on any atom is 0.237 e. The molecule has 1 aliphatic heterocycles. The maximum atomic E-state index is 11.9. The fourth-order valence-corrected chi connectivity index (χ4v) is 2.26. The van der Waals surface area contributed by atoms with E-state index in [1.165, 1.54) is 6.42 Å². The summed E-state index contributed by atoms with van der Waals surface area (Å²) in [4.78, 5) is 25.4. The monoisotopic (exact) mass is 265 g/mol. The number of amides is 2. The molecule has 1 heterocycles. The van der Waals surface area contributed by atoms with E-state index in [1.807, 2.05) is 17.9 Å². The summed E-state index contributed by atoms with van der Waals surface area (Å²) in [5, 5.41) is 11.5. The Labute approximate surface area is 115 Å². The molecule has 0 aromatic heterocycles. The number of nitrogens with one attached hydrogen (secondary N) is 1. The second-order valence-corrected chi connectivity index (χ2v) is 4.95. The highest BCUT2D eigenvalue weighted by Gasteiger charge is 2.18. The van der Waals surface area contributed by atoms with Crippen LogP contribution in [-0.4, -0.2) is 36.3 Å². The standard InChI is InChI=1S/C14H23N3O2/c1-2-6-12(11-15)14(19)16-8-7-13(18)17-9-4-3-5-10-17/h12H,2-10H2,1H3,(H,16,19). The Morgan fingerprint density at radius 1 is 1.32 bits per heavy atom. The van der Waals surface area contributed by atoms with Gasteiger partial charge in [-0.15, -0.1) is 0 Å². The summed E-state index contributed by atoms with van der Waals surface area (Å²) in [5.41, 5.74) is 0. The highest BCUT2D eigenvalue weighted by Crippen LogP contribution is 2.09. The summed E-state index contributed by atoms with van der Waals surface area (Å²) < 4.78 is 0. The summed E-state index contributed by atoms with van der Waals surface area (Å²) in [6.07, 6.45) is 5.05. The minimum atomic E-state index is -0.588. The Kier molecular flexibility index (Phi) is 6.94. The molecule has 1 rings (SSSR count). The van der Waals surface area contributed by atoms with Crippen molar-refractivity contribution in [2.75, 3.05) is 19.6 Å². The second kappa shape index (κ2) is 8.52. The summed E-state index contributed by atoms with van der Waals surface area (Å²) in [7, 11) is 0. The van der Waals surface area contributed by atoms with Crippen molar-refractivity contribution < 1.29 is 9.59 Å². The van der Waals surface area contributed by atoms with Gasteiger partial charge in [-0.3, -0.25) is 9.59 Å². The number of nitriles is 1. The lowest BCUT2D eigenvalue weighted by molar-refractivity contribution is -0.132. The van der Waals surface area contributed by atoms with Crippen molar-refractivity contribution >= 4 is 11.8 Å². The molecule has 0 spiro atoms. The number of rotatable bonds is 6. The Bertz CT molecular complexity index is 343. The van der Waals surface area contributed by atoms with E-state index in [0.29, 0.717) is 19.4 Å². The predicted molar refractivity (Wildman–Crippen MR) is 72.1 cm³/mol. The number of piperidine rings is 1. The molecule has 0 aromatic rings. The molecule has 0 radical (unpaired) electrons. The zero-order valence-corrected chi connectivity index (χ0v) is 11.7. The van der Waals surface area contributed by atoms with Gasteiger partial charge in [-0.2, -0.15) is 5.26 Å². The SMILES string of the molecule is CCCC(C#N)C(=O)NCCC(=O)N1CCCCC1. The van der Waals surface area contributed by atoms with Gasteiger partial charge in [-0.25, -0.2) is 0 Å². The molecule has 2 amide bonds. The summed E-state index contributed by atoms with van der Waals surface area (Å²) in [6, 6.07) is 2.00. The smallest absolute Gasteiger partial charge is 0.237 e. The molecule has 0 aromatic carbocycles. The average Bonchev–Trinajstić information content (AvgIpc) is 2.45. The van der Waals surface area contributed by atoms with Crippen molar-refractivity contribution in [1.29, 1.82) is 5.26 Å². The van der Waals surface area contributed by atoms with Crippen molar-refractivity contribution in [3.05, 3.63) is 0 Å². The van der Waals surface area contributed by atoms with E-state index in [1.54, 1.807) is 0 Å². The molecule has 1 N–H and O–H groups in total. The molecule has 1 saturated heterocycles. The molecular weight excluding hydrogens is 242 g/mol. The molecule has 0 saturated carbocycles. The van der Waals surface area contributed by atoms with E-state index < -0.39 is 5.92 Å². The predicted octanol–water partition coefficient (Wildman–Crippen LogP) is 1.45. The fourth-order valence-electron chi connectivity index (χ4n) is 2.26. The number of nitrogens with zero attached hydrogens (tertiary/aromatic N) is 2.